The molecule has 0 atom stereocenters. The van der Waals surface area contributed by atoms with E-state index in [9.17, 15) is 0 Å². The van der Waals surface area contributed by atoms with Crippen molar-refractivity contribution in [3.8, 4) is 0 Å². The van der Waals surface area contributed by atoms with E-state index in [-0.39, 0.29) is 32.7 Å². The molecule has 3 heteroatoms. The van der Waals surface area contributed by atoms with Gasteiger partial charge in [-0.25, -0.2) is 0 Å². The van der Waals surface area contributed by atoms with Crippen LogP contribution in [0.1, 0.15) is 24.3 Å². The first-order valence-corrected chi connectivity index (χ1v) is 5.54. The van der Waals surface area contributed by atoms with Crippen LogP contribution in [0, 0.1) is 0 Å². The van der Waals surface area contributed by atoms with E-state index >= 15 is 0 Å². The topological polar surface area (TPSA) is 14.1 Å². The van der Waals surface area contributed by atoms with Gasteiger partial charge in [0, 0.05) is 37.2 Å². The maximum absolute atomic E-state index is 4.36. The standard InChI is InChI=1S/C11H13BrN.Y/c12-11-3-1-9(2-4-11)10-5-7-13-8-6-10;/h1-4,10H,5-8H2;/q-1;. The van der Waals surface area contributed by atoms with Crippen molar-refractivity contribution in [3.63, 3.8) is 0 Å². The van der Waals surface area contributed by atoms with Gasteiger partial charge in [-0.15, -0.1) is 13.1 Å². The van der Waals surface area contributed by atoms with Crippen LogP contribution in [0.25, 0.3) is 5.32 Å². The summed E-state index contributed by atoms with van der Waals surface area (Å²) in [5.41, 5.74) is 1.47. The Morgan fingerprint density at radius 3 is 2.21 bits per heavy atom. The molecule has 0 N–H and O–H groups in total. The normalized spacial score (nSPS) is 17.5. The molecule has 14 heavy (non-hydrogen) atoms. The molecule has 1 aliphatic rings. The third-order valence-corrected chi connectivity index (χ3v) is 3.14. The number of benzene rings is 1. The van der Waals surface area contributed by atoms with E-state index in [1.165, 1.54) is 18.4 Å². The SMILES string of the molecule is Brc1ccc(C2CC[N-]CC2)cc1.[Y]. The zero-order valence-corrected chi connectivity index (χ0v) is 12.5. The van der Waals surface area contributed by atoms with Crippen LogP contribution in [-0.2, 0) is 32.7 Å². The van der Waals surface area contributed by atoms with E-state index in [1.54, 1.807) is 0 Å². The van der Waals surface area contributed by atoms with Gasteiger partial charge in [0.1, 0.15) is 0 Å². The summed E-state index contributed by atoms with van der Waals surface area (Å²) in [7, 11) is 0. The molecule has 1 aromatic carbocycles. The molecule has 0 bridgehead atoms. The summed E-state index contributed by atoms with van der Waals surface area (Å²) in [6, 6.07) is 8.70. The molecule has 0 spiro atoms. The summed E-state index contributed by atoms with van der Waals surface area (Å²) < 4.78 is 1.16. The van der Waals surface area contributed by atoms with Crippen LogP contribution in [-0.4, -0.2) is 13.1 Å². The minimum absolute atomic E-state index is 0. The Morgan fingerprint density at radius 2 is 1.64 bits per heavy atom. The molecule has 1 saturated heterocycles. The van der Waals surface area contributed by atoms with Crippen LogP contribution >= 0.6 is 15.9 Å². The first-order valence-electron chi connectivity index (χ1n) is 4.75. The van der Waals surface area contributed by atoms with Gasteiger partial charge in [0.2, 0.25) is 0 Å². The zero-order chi connectivity index (χ0) is 9.10. The van der Waals surface area contributed by atoms with Gasteiger partial charge < -0.3 is 5.32 Å². The first kappa shape index (κ1) is 12.8. The second-order valence-electron chi connectivity index (χ2n) is 3.50. The summed E-state index contributed by atoms with van der Waals surface area (Å²) in [6.45, 7) is 2.08. The summed E-state index contributed by atoms with van der Waals surface area (Å²) in [4.78, 5) is 0. The molecule has 0 aromatic heterocycles. The van der Waals surface area contributed by atoms with Gasteiger partial charge in [0.15, 0.2) is 0 Å². The van der Waals surface area contributed by atoms with Crippen molar-refractivity contribution in [1.82, 2.24) is 0 Å². The molecule has 1 aromatic rings. The van der Waals surface area contributed by atoms with Crippen LogP contribution in [0.4, 0.5) is 0 Å². The molecule has 2 rings (SSSR count). The molecule has 0 unspecified atom stereocenters. The fourth-order valence-corrected chi connectivity index (χ4v) is 2.08. The van der Waals surface area contributed by atoms with E-state index in [1.807, 2.05) is 0 Å². The van der Waals surface area contributed by atoms with Crippen molar-refractivity contribution >= 4 is 15.9 Å². The van der Waals surface area contributed by atoms with Crippen molar-refractivity contribution in [2.75, 3.05) is 13.1 Å². The van der Waals surface area contributed by atoms with Crippen LogP contribution < -0.4 is 0 Å². The fourth-order valence-electron chi connectivity index (χ4n) is 1.82. The number of nitrogens with zero attached hydrogens (tertiary/aromatic N) is 1. The zero-order valence-electron chi connectivity index (χ0n) is 8.12. The predicted octanol–water partition coefficient (Wildman–Crippen LogP) is 3.70. The predicted molar refractivity (Wildman–Crippen MR) is 59.2 cm³/mol. The molecule has 73 valence electrons. The third-order valence-electron chi connectivity index (χ3n) is 2.61. The second kappa shape index (κ2) is 6.37. The first-order chi connectivity index (χ1) is 6.36. The molecule has 0 aliphatic carbocycles. The maximum atomic E-state index is 4.36. The minimum atomic E-state index is 0. The van der Waals surface area contributed by atoms with Crippen molar-refractivity contribution in [2.45, 2.75) is 18.8 Å². The molecule has 1 aliphatic heterocycles. The molecule has 0 saturated carbocycles. The van der Waals surface area contributed by atoms with E-state index in [4.69, 9.17) is 0 Å². The van der Waals surface area contributed by atoms with Crippen molar-refractivity contribution < 1.29 is 32.7 Å². The molecule has 1 heterocycles. The van der Waals surface area contributed by atoms with Gasteiger partial charge in [-0.1, -0.05) is 40.9 Å². The Hall–Kier alpha value is 0.764. The molecule has 1 nitrogen and oxygen atoms in total. The van der Waals surface area contributed by atoms with Gasteiger partial charge in [-0.2, -0.15) is 0 Å². The number of piperidine rings is 1. The molecule has 1 fully saturated rings. The Balaban J connectivity index is 0.000000980. The third kappa shape index (κ3) is 3.41. The molecular formula is C11H13BrNY-. The molecule has 1 radical (unpaired) electrons. The van der Waals surface area contributed by atoms with Gasteiger partial charge in [-0.05, 0) is 23.6 Å². The maximum Gasteiger partial charge on any atom is 0.0175 e. The van der Waals surface area contributed by atoms with Gasteiger partial charge >= 0.3 is 0 Å². The van der Waals surface area contributed by atoms with E-state index in [0.29, 0.717) is 0 Å². The van der Waals surface area contributed by atoms with Crippen LogP contribution in [0.5, 0.6) is 0 Å². The van der Waals surface area contributed by atoms with Crippen LogP contribution in [0.3, 0.4) is 0 Å². The van der Waals surface area contributed by atoms with Crippen molar-refractivity contribution in [2.24, 2.45) is 0 Å². The molecule has 0 amide bonds. The van der Waals surface area contributed by atoms with Crippen LogP contribution in [0.15, 0.2) is 28.7 Å². The summed E-state index contributed by atoms with van der Waals surface area (Å²) in [6.07, 6.45) is 2.45. The van der Waals surface area contributed by atoms with Crippen LogP contribution in [0.2, 0.25) is 0 Å². The Bertz CT molecular complexity index is 267. The van der Waals surface area contributed by atoms with E-state index in [2.05, 4.69) is 45.5 Å². The van der Waals surface area contributed by atoms with Gasteiger partial charge in [-0.3, -0.25) is 0 Å². The average Bonchev–Trinajstić information content (AvgIpc) is 2.20. The summed E-state index contributed by atoms with van der Waals surface area (Å²) >= 11 is 3.45. The minimum Gasteiger partial charge on any atom is -0.662 e. The van der Waals surface area contributed by atoms with Crippen molar-refractivity contribution in [3.05, 3.63) is 39.6 Å². The van der Waals surface area contributed by atoms with Gasteiger partial charge in [0.05, 0.1) is 0 Å². The Kier molecular flexibility index (Phi) is 5.84. The van der Waals surface area contributed by atoms with E-state index < -0.39 is 0 Å². The fraction of sp³-hybridized carbons (Fsp3) is 0.455. The smallest absolute Gasteiger partial charge is 0.0175 e. The number of halogens is 1. The second-order valence-corrected chi connectivity index (χ2v) is 4.41. The number of hydrogen-bond donors (Lipinski definition) is 0. The summed E-state index contributed by atoms with van der Waals surface area (Å²) in [5, 5.41) is 4.36. The average molecular weight is 328 g/mol. The Labute approximate surface area is 119 Å². The number of rotatable bonds is 1. The Morgan fingerprint density at radius 1 is 1.07 bits per heavy atom. The van der Waals surface area contributed by atoms with E-state index in [0.717, 1.165) is 23.5 Å². The van der Waals surface area contributed by atoms with Crippen molar-refractivity contribution in [1.29, 1.82) is 0 Å². The monoisotopic (exact) mass is 327 g/mol. The quantitative estimate of drug-likeness (QED) is 0.746. The number of hydrogen-bond acceptors (Lipinski definition) is 0. The van der Waals surface area contributed by atoms with Gasteiger partial charge in [0.25, 0.3) is 0 Å². The largest absolute Gasteiger partial charge is 0.662 e. The molecular weight excluding hydrogens is 315 g/mol. The summed E-state index contributed by atoms with van der Waals surface area (Å²) in [5.74, 6) is 0.741.